The number of carbonyl (C=O) groups excluding carboxylic acids is 2. The van der Waals surface area contributed by atoms with Gasteiger partial charge in [-0.05, 0) is 74.1 Å². The Kier molecular flexibility index (Phi) is 6.10. The number of aliphatic hydroxyl groups is 2. The van der Waals surface area contributed by atoms with Crippen LogP contribution >= 0.6 is 0 Å². The van der Waals surface area contributed by atoms with Crippen LogP contribution in [0.2, 0.25) is 0 Å². The zero-order valence-electron chi connectivity index (χ0n) is 22.3. The first-order chi connectivity index (χ1) is 19.1. The zero-order chi connectivity index (χ0) is 29.8. The number of aliphatic hydroxyl groups excluding tert-OH is 2. The van der Waals surface area contributed by atoms with Crippen LogP contribution in [0.25, 0.3) is 0 Å². The topological polar surface area (TPSA) is 96.3 Å². The number of hydroxylamine groups is 1. The Labute approximate surface area is 232 Å². The Bertz CT molecular complexity index is 1350. The lowest BCUT2D eigenvalue weighted by molar-refractivity contribution is -0.274. The van der Waals surface area contributed by atoms with Crippen LogP contribution in [-0.4, -0.2) is 64.8 Å². The molecule has 12 heteroatoms. The van der Waals surface area contributed by atoms with Crippen LogP contribution < -0.4 is 9.80 Å². The molecule has 7 nitrogen and oxygen atoms in total. The molecule has 0 aromatic heterocycles. The van der Waals surface area contributed by atoms with Gasteiger partial charge in [-0.3, -0.25) is 19.5 Å². The second-order valence-corrected chi connectivity index (χ2v) is 12.3. The fourth-order valence-corrected chi connectivity index (χ4v) is 8.83. The van der Waals surface area contributed by atoms with Crippen molar-refractivity contribution in [1.29, 1.82) is 0 Å². The number of ketones is 2. The molecule has 1 saturated heterocycles. The van der Waals surface area contributed by atoms with Crippen molar-refractivity contribution in [3.8, 4) is 5.75 Å². The second-order valence-electron chi connectivity index (χ2n) is 12.3. The van der Waals surface area contributed by atoms with E-state index in [9.17, 15) is 33.0 Å². The molecule has 222 valence electrons. The highest BCUT2D eigenvalue weighted by molar-refractivity contribution is 6.01. The number of ether oxygens (including phenoxy) is 1. The molecule has 5 aliphatic rings. The molecule has 1 unspecified atom stereocenters. The van der Waals surface area contributed by atoms with Gasteiger partial charge in [0.15, 0.2) is 22.8 Å². The summed E-state index contributed by atoms with van der Waals surface area (Å²) in [6, 6.07) is 4.87. The maximum Gasteiger partial charge on any atom is 0.573 e. The second kappa shape index (κ2) is 8.84. The Morgan fingerprint density at radius 3 is 2.49 bits per heavy atom. The van der Waals surface area contributed by atoms with Crippen molar-refractivity contribution in [3.05, 3.63) is 48.1 Å². The predicted molar refractivity (Wildman–Crippen MR) is 134 cm³/mol. The largest absolute Gasteiger partial charge is 0.573 e. The highest BCUT2D eigenvalue weighted by Gasteiger charge is 2.79. The lowest BCUT2D eigenvalue weighted by Crippen LogP contribution is -2.70. The van der Waals surface area contributed by atoms with Gasteiger partial charge in [-0.25, -0.2) is 8.78 Å². The molecule has 4 aliphatic carbocycles. The van der Waals surface area contributed by atoms with Crippen LogP contribution in [-0.2, 0) is 14.4 Å². The van der Waals surface area contributed by atoms with Crippen molar-refractivity contribution in [3.63, 3.8) is 0 Å². The fraction of sp³-hybridized carbons (Fsp3) is 0.586. The fourth-order valence-electron chi connectivity index (χ4n) is 8.83. The molecule has 9 atom stereocenters. The van der Waals surface area contributed by atoms with E-state index in [4.69, 9.17) is 4.84 Å². The van der Waals surface area contributed by atoms with E-state index in [1.54, 1.807) is 6.92 Å². The van der Waals surface area contributed by atoms with Gasteiger partial charge in [-0.15, -0.1) is 13.2 Å². The predicted octanol–water partition coefficient (Wildman–Crippen LogP) is 4.18. The third kappa shape index (κ3) is 3.65. The molecule has 0 spiro atoms. The Morgan fingerprint density at radius 1 is 1.17 bits per heavy atom. The summed E-state index contributed by atoms with van der Waals surface area (Å²) in [6.45, 7) is 2.38. The maximum atomic E-state index is 17.4. The number of halogens is 5. The quantitative estimate of drug-likeness (QED) is 0.514. The Morgan fingerprint density at radius 2 is 1.85 bits per heavy atom. The third-order valence-corrected chi connectivity index (χ3v) is 10.5. The van der Waals surface area contributed by atoms with Gasteiger partial charge in [-0.1, -0.05) is 13.0 Å². The number of hydrogen-bond donors (Lipinski definition) is 2. The number of alkyl halides is 5. The maximum absolute atomic E-state index is 17.4. The number of Topliss-reactive ketones (excluding diaryl/α,β-unsaturated/α-hetero) is 1. The third-order valence-electron chi connectivity index (χ3n) is 10.5. The molecule has 0 bridgehead atoms. The van der Waals surface area contributed by atoms with Gasteiger partial charge in [0.1, 0.15) is 18.5 Å². The van der Waals surface area contributed by atoms with Crippen LogP contribution in [0.5, 0.6) is 5.75 Å². The van der Waals surface area contributed by atoms with E-state index in [1.165, 1.54) is 36.3 Å². The molecule has 1 aromatic carbocycles. The smallest absolute Gasteiger partial charge is 0.406 e. The first-order valence-electron chi connectivity index (χ1n) is 13.5. The summed E-state index contributed by atoms with van der Waals surface area (Å²) in [5.74, 6) is -3.81. The van der Waals surface area contributed by atoms with Crippen LogP contribution in [0.1, 0.15) is 33.1 Å². The van der Waals surface area contributed by atoms with Gasteiger partial charge in [0.2, 0.25) is 0 Å². The SMILES string of the molecule is C[C@]12C=CC(=O)C=C1[C@@H](F)C[C@H]1C3C[C@H]4CN(c5ccc(OC(F)(F)F)cc5)O[C@@]4(C(=O)CO)[C@@]3(C)C[C@H](O)[C@@]12F. The number of fused-ring (bicyclic) bond motifs is 7. The summed E-state index contributed by atoms with van der Waals surface area (Å²) < 4.78 is 74.8. The number of rotatable bonds is 4. The van der Waals surface area contributed by atoms with Gasteiger partial charge < -0.3 is 14.9 Å². The normalized spacial score (nSPS) is 43.1. The highest BCUT2D eigenvalue weighted by Crippen LogP contribution is 2.72. The Hall–Kier alpha value is -2.83. The molecular weight excluding hydrogens is 553 g/mol. The van der Waals surface area contributed by atoms with Crippen molar-refractivity contribution >= 4 is 17.3 Å². The van der Waals surface area contributed by atoms with Crippen molar-refractivity contribution in [1.82, 2.24) is 0 Å². The van der Waals surface area contributed by atoms with Crippen molar-refractivity contribution in [2.24, 2.45) is 28.6 Å². The van der Waals surface area contributed by atoms with Crippen LogP contribution in [0, 0.1) is 28.6 Å². The molecule has 1 aromatic rings. The molecule has 3 saturated carbocycles. The minimum Gasteiger partial charge on any atom is -0.406 e. The molecule has 0 amide bonds. The molecule has 41 heavy (non-hydrogen) atoms. The monoisotopic (exact) mass is 583 g/mol. The van der Waals surface area contributed by atoms with E-state index in [-0.39, 0.29) is 31.4 Å². The van der Waals surface area contributed by atoms with E-state index in [2.05, 4.69) is 4.74 Å². The molecule has 6 rings (SSSR count). The molecule has 2 N–H and O–H groups in total. The van der Waals surface area contributed by atoms with Crippen LogP contribution in [0.15, 0.2) is 48.1 Å². The number of benzene rings is 1. The van der Waals surface area contributed by atoms with Gasteiger partial charge in [-0.2, -0.15) is 0 Å². The zero-order valence-corrected chi connectivity index (χ0v) is 22.3. The van der Waals surface area contributed by atoms with E-state index in [0.717, 1.165) is 18.2 Å². The molecule has 4 fully saturated rings. The lowest BCUT2D eigenvalue weighted by atomic mass is 9.44. The summed E-state index contributed by atoms with van der Waals surface area (Å²) in [5, 5.41) is 22.9. The summed E-state index contributed by atoms with van der Waals surface area (Å²) in [6.07, 6.45) is -4.85. The summed E-state index contributed by atoms with van der Waals surface area (Å²) in [5.41, 5.74) is -6.52. The van der Waals surface area contributed by atoms with Gasteiger partial charge in [0.05, 0.1) is 18.3 Å². The summed E-state index contributed by atoms with van der Waals surface area (Å²) in [4.78, 5) is 31.9. The Balaban J connectivity index is 1.37. The summed E-state index contributed by atoms with van der Waals surface area (Å²) >= 11 is 0. The molecule has 0 radical (unpaired) electrons. The van der Waals surface area contributed by atoms with E-state index < -0.39 is 82.4 Å². The standard InChI is InChI=1S/C29H30F5NO6/c1-25-8-7-17(37)10-21(25)22(30)11-20-19-9-15-13-35(16-3-5-18(6-4-16)40-29(32,33)34)41-28(15,24(39)14-36)26(19,2)12-23(38)27(20,25)31/h3-8,10,15,19-20,22-23,36,38H,9,11-14H2,1-2H3/t15-,19?,20-,22-,23-,25-,26-,27-,28-/m0/s1. The highest BCUT2D eigenvalue weighted by atomic mass is 19.4. The van der Waals surface area contributed by atoms with Crippen LogP contribution in [0.3, 0.4) is 0 Å². The molecule has 1 aliphatic heterocycles. The molecule has 1 heterocycles. The van der Waals surface area contributed by atoms with E-state index in [0.29, 0.717) is 5.69 Å². The number of carbonyl (C=O) groups is 2. The minimum absolute atomic E-state index is 0.00823. The average Bonchev–Trinajstić information content (AvgIpc) is 3.39. The van der Waals surface area contributed by atoms with Crippen molar-refractivity contribution in [2.45, 2.75) is 63.0 Å². The number of allylic oxidation sites excluding steroid dienone is 4. The number of hydrogen-bond acceptors (Lipinski definition) is 7. The molecular formula is C29H30F5NO6. The minimum atomic E-state index is -4.87. The average molecular weight is 584 g/mol. The van der Waals surface area contributed by atoms with Gasteiger partial charge >= 0.3 is 6.36 Å². The lowest BCUT2D eigenvalue weighted by Gasteiger charge is -2.63. The first-order valence-corrected chi connectivity index (χ1v) is 13.5. The van der Waals surface area contributed by atoms with Crippen LogP contribution in [0.4, 0.5) is 27.6 Å². The summed E-state index contributed by atoms with van der Waals surface area (Å²) in [7, 11) is 0. The van der Waals surface area contributed by atoms with Crippen molar-refractivity contribution < 1.29 is 51.3 Å². The number of nitrogens with zero attached hydrogens (tertiary/aromatic N) is 1. The van der Waals surface area contributed by atoms with E-state index >= 15 is 8.78 Å². The van der Waals surface area contributed by atoms with Gasteiger partial charge in [0, 0.05) is 22.7 Å². The van der Waals surface area contributed by atoms with Gasteiger partial charge in [0.25, 0.3) is 0 Å². The van der Waals surface area contributed by atoms with E-state index in [1.807, 2.05) is 0 Å². The first kappa shape index (κ1) is 28.3. The van der Waals surface area contributed by atoms with Crippen molar-refractivity contribution in [2.75, 3.05) is 18.2 Å². The number of anilines is 1.